The largest absolute Gasteiger partial charge is 0.353 e. The summed E-state index contributed by atoms with van der Waals surface area (Å²) in [6.45, 7) is 0. The Labute approximate surface area is 98.2 Å². The Morgan fingerprint density at radius 1 is 0.938 bits per heavy atom. The van der Waals surface area contributed by atoms with Crippen molar-refractivity contribution in [1.29, 1.82) is 0 Å². The monoisotopic (exact) mass is 224 g/mol. The van der Waals surface area contributed by atoms with Gasteiger partial charge in [0, 0.05) is 18.0 Å². The van der Waals surface area contributed by atoms with Crippen molar-refractivity contribution in [3.05, 3.63) is 0 Å². The summed E-state index contributed by atoms with van der Waals surface area (Å²) in [5.74, 6) is 0.528. The molecule has 3 heteroatoms. The maximum absolute atomic E-state index is 12.0. The number of nitrogens with one attached hydrogen (secondary N) is 1. The number of hydrogen-bond acceptors (Lipinski definition) is 2. The van der Waals surface area contributed by atoms with Crippen LogP contribution in [0.5, 0.6) is 0 Å². The van der Waals surface area contributed by atoms with Crippen LogP contribution >= 0.6 is 0 Å². The summed E-state index contributed by atoms with van der Waals surface area (Å²) in [4.78, 5) is 12.0. The van der Waals surface area contributed by atoms with Gasteiger partial charge in [-0.05, 0) is 38.5 Å². The Hall–Kier alpha value is -0.570. The molecule has 2 aliphatic rings. The zero-order valence-corrected chi connectivity index (χ0v) is 10.1. The minimum absolute atomic E-state index is 0.238. The molecular formula is C13H24N2O. The van der Waals surface area contributed by atoms with Crippen molar-refractivity contribution in [3.63, 3.8) is 0 Å². The van der Waals surface area contributed by atoms with E-state index in [-0.39, 0.29) is 5.92 Å². The maximum Gasteiger partial charge on any atom is 0.223 e. The Bertz CT molecular complexity index is 228. The molecule has 0 aromatic rings. The zero-order chi connectivity index (χ0) is 11.4. The first-order valence-electron chi connectivity index (χ1n) is 6.81. The summed E-state index contributed by atoms with van der Waals surface area (Å²) in [7, 11) is 0. The third-order valence-corrected chi connectivity index (χ3v) is 4.09. The van der Waals surface area contributed by atoms with E-state index >= 15 is 0 Å². The van der Waals surface area contributed by atoms with Gasteiger partial charge in [0.1, 0.15) is 0 Å². The standard InChI is InChI=1S/C13H24N2O/c14-11-8-6-10(7-9-11)13(16)15-12-4-2-1-3-5-12/h10-12H,1-9,14H2,(H,15,16)/t10-,11-. The molecule has 0 radical (unpaired) electrons. The molecule has 2 aliphatic carbocycles. The molecule has 0 aliphatic heterocycles. The maximum atomic E-state index is 12.0. The molecule has 0 bridgehead atoms. The van der Waals surface area contributed by atoms with Crippen molar-refractivity contribution < 1.29 is 4.79 Å². The first-order valence-corrected chi connectivity index (χ1v) is 6.81. The number of amides is 1. The van der Waals surface area contributed by atoms with Crippen molar-refractivity contribution in [1.82, 2.24) is 5.32 Å². The topological polar surface area (TPSA) is 55.1 Å². The molecule has 0 heterocycles. The van der Waals surface area contributed by atoms with Crippen LogP contribution in [0.3, 0.4) is 0 Å². The van der Waals surface area contributed by atoms with Gasteiger partial charge in [-0.15, -0.1) is 0 Å². The Morgan fingerprint density at radius 3 is 2.19 bits per heavy atom. The van der Waals surface area contributed by atoms with Crippen LogP contribution < -0.4 is 11.1 Å². The fourth-order valence-corrected chi connectivity index (χ4v) is 2.95. The van der Waals surface area contributed by atoms with Crippen molar-refractivity contribution in [2.75, 3.05) is 0 Å². The van der Waals surface area contributed by atoms with Crippen LogP contribution in [-0.4, -0.2) is 18.0 Å². The molecule has 3 nitrogen and oxygen atoms in total. The normalized spacial score (nSPS) is 32.3. The van der Waals surface area contributed by atoms with E-state index in [2.05, 4.69) is 5.32 Å². The van der Waals surface area contributed by atoms with Crippen LogP contribution in [0, 0.1) is 5.92 Å². The minimum Gasteiger partial charge on any atom is -0.353 e. The molecule has 3 N–H and O–H groups in total. The number of rotatable bonds is 2. The zero-order valence-electron chi connectivity index (χ0n) is 10.1. The van der Waals surface area contributed by atoms with E-state index in [1.165, 1.54) is 32.1 Å². The number of nitrogens with two attached hydrogens (primary N) is 1. The highest BCUT2D eigenvalue weighted by Gasteiger charge is 2.26. The van der Waals surface area contributed by atoms with Gasteiger partial charge in [-0.3, -0.25) is 4.79 Å². The average Bonchev–Trinajstić information content (AvgIpc) is 2.31. The third-order valence-electron chi connectivity index (χ3n) is 4.09. The number of carbonyl (C=O) groups is 1. The van der Waals surface area contributed by atoms with E-state index in [4.69, 9.17) is 5.73 Å². The van der Waals surface area contributed by atoms with E-state index in [1.807, 2.05) is 0 Å². The first-order chi connectivity index (χ1) is 7.75. The second-order valence-electron chi connectivity index (χ2n) is 5.46. The second kappa shape index (κ2) is 5.67. The van der Waals surface area contributed by atoms with Crippen molar-refractivity contribution >= 4 is 5.91 Å². The summed E-state index contributed by atoms with van der Waals surface area (Å²) in [5, 5.41) is 3.22. The Morgan fingerprint density at radius 2 is 1.56 bits per heavy atom. The molecule has 0 aromatic heterocycles. The van der Waals surface area contributed by atoms with Crippen LogP contribution in [0.25, 0.3) is 0 Å². The SMILES string of the molecule is N[C@H]1CC[C@H](C(=O)NC2CCCCC2)CC1. The number of hydrogen-bond donors (Lipinski definition) is 2. The molecule has 92 valence electrons. The molecule has 0 atom stereocenters. The summed E-state index contributed by atoms with van der Waals surface area (Å²) >= 11 is 0. The molecule has 0 spiro atoms. The van der Waals surface area contributed by atoms with Crippen LogP contribution in [0.4, 0.5) is 0 Å². The van der Waals surface area contributed by atoms with E-state index < -0.39 is 0 Å². The highest BCUT2D eigenvalue weighted by Crippen LogP contribution is 2.24. The van der Waals surface area contributed by atoms with Crippen molar-refractivity contribution in [2.45, 2.75) is 69.9 Å². The molecule has 0 aromatic carbocycles. The van der Waals surface area contributed by atoms with Gasteiger partial charge >= 0.3 is 0 Å². The highest BCUT2D eigenvalue weighted by atomic mass is 16.1. The van der Waals surface area contributed by atoms with Gasteiger partial charge in [-0.1, -0.05) is 19.3 Å². The fourth-order valence-electron chi connectivity index (χ4n) is 2.95. The van der Waals surface area contributed by atoms with Gasteiger partial charge in [0.25, 0.3) is 0 Å². The van der Waals surface area contributed by atoms with Gasteiger partial charge in [0.15, 0.2) is 0 Å². The van der Waals surface area contributed by atoms with E-state index in [0.29, 0.717) is 18.0 Å². The average molecular weight is 224 g/mol. The van der Waals surface area contributed by atoms with Crippen LogP contribution in [0.15, 0.2) is 0 Å². The van der Waals surface area contributed by atoms with Gasteiger partial charge in [0.05, 0.1) is 0 Å². The molecule has 16 heavy (non-hydrogen) atoms. The van der Waals surface area contributed by atoms with Crippen molar-refractivity contribution in [2.24, 2.45) is 11.7 Å². The summed E-state index contributed by atoms with van der Waals surface area (Å²) in [6, 6.07) is 0.788. The van der Waals surface area contributed by atoms with Gasteiger partial charge in [-0.25, -0.2) is 0 Å². The summed E-state index contributed by atoms with van der Waals surface area (Å²) < 4.78 is 0. The smallest absolute Gasteiger partial charge is 0.223 e. The summed E-state index contributed by atoms with van der Waals surface area (Å²) in [5.41, 5.74) is 5.85. The molecular weight excluding hydrogens is 200 g/mol. The lowest BCUT2D eigenvalue weighted by atomic mass is 9.85. The fraction of sp³-hybridized carbons (Fsp3) is 0.923. The highest BCUT2D eigenvalue weighted by molar-refractivity contribution is 5.79. The summed E-state index contributed by atoms with van der Waals surface area (Å²) in [6.07, 6.45) is 10.3. The molecule has 0 saturated heterocycles. The first kappa shape index (κ1) is 11.9. The van der Waals surface area contributed by atoms with Crippen LogP contribution in [0.1, 0.15) is 57.8 Å². The predicted molar refractivity (Wildman–Crippen MR) is 64.9 cm³/mol. The predicted octanol–water partition coefficient (Wildman–Crippen LogP) is 1.95. The molecule has 2 rings (SSSR count). The van der Waals surface area contributed by atoms with E-state index in [9.17, 15) is 4.79 Å². The second-order valence-corrected chi connectivity index (χ2v) is 5.46. The Balaban J connectivity index is 1.74. The molecule has 1 amide bonds. The Kier molecular flexibility index (Phi) is 4.22. The van der Waals surface area contributed by atoms with E-state index in [0.717, 1.165) is 25.7 Å². The molecule has 2 fully saturated rings. The van der Waals surface area contributed by atoms with Gasteiger partial charge in [0.2, 0.25) is 5.91 Å². The van der Waals surface area contributed by atoms with Crippen LogP contribution in [-0.2, 0) is 4.79 Å². The minimum atomic E-state index is 0.238. The molecule has 0 unspecified atom stereocenters. The van der Waals surface area contributed by atoms with Gasteiger partial charge < -0.3 is 11.1 Å². The van der Waals surface area contributed by atoms with Crippen LogP contribution in [0.2, 0.25) is 0 Å². The lowest BCUT2D eigenvalue weighted by Crippen LogP contribution is -2.42. The third kappa shape index (κ3) is 3.21. The van der Waals surface area contributed by atoms with Crippen molar-refractivity contribution in [3.8, 4) is 0 Å². The number of carbonyl (C=O) groups excluding carboxylic acids is 1. The quantitative estimate of drug-likeness (QED) is 0.753. The lowest BCUT2D eigenvalue weighted by Gasteiger charge is -2.29. The van der Waals surface area contributed by atoms with Gasteiger partial charge in [-0.2, -0.15) is 0 Å². The van der Waals surface area contributed by atoms with E-state index in [1.54, 1.807) is 0 Å². The lowest BCUT2D eigenvalue weighted by molar-refractivity contribution is -0.126. The molecule has 2 saturated carbocycles.